The summed E-state index contributed by atoms with van der Waals surface area (Å²) in [4.78, 5) is 10.8. The Labute approximate surface area is 67.7 Å². The molecule has 0 aliphatic carbocycles. The summed E-state index contributed by atoms with van der Waals surface area (Å²) in [6.07, 6.45) is 0. The largest absolute Gasteiger partial charge is 0.290 e. The minimum Gasteiger partial charge on any atom is -0.290 e. The van der Waals surface area contributed by atoms with Crippen molar-refractivity contribution >= 4 is 0 Å². The van der Waals surface area contributed by atoms with Crippen LogP contribution < -0.4 is 5.43 Å². The second kappa shape index (κ2) is 5.66. The molecule has 0 bridgehead atoms. The van der Waals surface area contributed by atoms with Crippen LogP contribution in [0.5, 0.6) is 0 Å². The van der Waals surface area contributed by atoms with Crippen molar-refractivity contribution in [1.29, 1.82) is 0 Å². The molecule has 0 radical (unpaired) electrons. The molecule has 0 saturated heterocycles. The molecule has 0 N–H and O–H groups in total. The molecule has 0 fully saturated rings. The maximum atomic E-state index is 10.8. The van der Waals surface area contributed by atoms with E-state index in [2.05, 4.69) is 0 Å². The summed E-state index contributed by atoms with van der Waals surface area (Å²) < 4.78 is 0. The first-order valence-corrected chi connectivity index (χ1v) is 3.86. The van der Waals surface area contributed by atoms with Crippen molar-refractivity contribution in [3.8, 4) is 0 Å². The smallest absolute Gasteiger partial charge is 0.181 e. The van der Waals surface area contributed by atoms with Gasteiger partial charge < -0.3 is 0 Å². The summed E-state index contributed by atoms with van der Waals surface area (Å²) >= 11 is 0. The van der Waals surface area contributed by atoms with Crippen LogP contribution in [0.1, 0.15) is 19.4 Å². The van der Waals surface area contributed by atoms with Gasteiger partial charge in [-0.1, -0.05) is 38.1 Å². The average molecular weight is 150 g/mol. The fourth-order valence-corrected chi connectivity index (χ4v) is 0.621. The van der Waals surface area contributed by atoms with Gasteiger partial charge in [-0.3, -0.25) is 4.79 Å². The molecule has 0 unspecified atom stereocenters. The first-order chi connectivity index (χ1) is 5.30. The van der Waals surface area contributed by atoms with E-state index in [0.717, 1.165) is 5.56 Å². The van der Waals surface area contributed by atoms with Crippen molar-refractivity contribution in [2.75, 3.05) is 0 Å². The third-order valence-corrected chi connectivity index (χ3v) is 1.20. The molecule has 0 aromatic heterocycles. The Hall–Kier alpha value is -1.11. The zero-order chi connectivity index (χ0) is 8.69. The summed E-state index contributed by atoms with van der Waals surface area (Å²) in [5, 5.41) is 0. The topological polar surface area (TPSA) is 17.1 Å². The Morgan fingerprint density at radius 1 is 1.00 bits per heavy atom. The zero-order valence-corrected chi connectivity index (χ0v) is 7.29. The predicted octanol–water partition coefficient (Wildman–Crippen LogP) is 2.38. The summed E-state index contributed by atoms with van der Waals surface area (Å²) in [7, 11) is 0. The summed E-state index contributed by atoms with van der Waals surface area (Å²) in [6.45, 7) is 5.81. The number of hydrogen-bond acceptors (Lipinski definition) is 1. The lowest BCUT2D eigenvalue weighted by molar-refractivity contribution is 1.43. The highest BCUT2D eigenvalue weighted by molar-refractivity contribution is 5.11. The van der Waals surface area contributed by atoms with Gasteiger partial charge in [0.1, 0.15) is 0 Å². The van der Waals surface area contributed by atoms with Gasteiger partial charge in [0, 0.05) is 0 Å². The molecular formula is C10H14O. The van der Waals surface area contributed by atoms with Crippen molar-refractivity contribution < 1.29 is 0 Å². The van der Waals surface area contributed by atoms with Crippen molar-refractivity contribution in [3.05, 3.63) is 46.1 Å². The summed E-state index contributed by atoms with van der Waals surface area (Å²) in [6, 6.07) is 8.82. The summed E-state index contributed by atoms with van der Waals surface area (Å²) in [5.41, 5.74) is 0.889. The molecule has 0 amide bonds. The second-order valence-corrected chi connectivity index (χ2v) is 1.96. The predicted molar refractivity (Wildman–Crippen MR) is 48.8 cm³/mol. The highest BCUT2D eigenvalue weighted by Crippen LogP contribution is 1.84. The molecule has 0 spiro atoms. The normalized spacial score (nSPS) is 7.91. The first-order valence-electron chi connectivity index (χ1n) is 3.86. The van der Waals surface area contributed by atoms with Crippen LogP contribution in [-0.4, -0.2) is 0 Å². The molecule has 1 aromatic rings. The number of rotatable bonds is 0. The lowest BCUT2D eigenvalue weighted by Gasteiger charge is -1.74. The Morgan fingerprint density at radius 2 is 1.55 bits per heavy atom. The maximum Gasteiger partial charge on any atom is 0.181 e. The van der Waals surface area contributed by atoms with Gasteiger partial charge >= 0.3 is 0 Å². The lowest BCUT2D eigenvalue weighted by atomic mass is 10.3. The lowest BCUT2D eigenvalue weighted by Crippen LogP contribution is -1.96. The third-order valence-electron chi connectivity index (χ3n) is 1.20. The van der Waals surface area contributed by atoms with E-state index < -0.39 is 0 Å². The van der Waals surface area contributed by atoms with E-state index in [-0.39, 0.29) is 5.43 Å². The fraction of sp³-hybridized carbons (Fsp3) is 0.300. The quantitative estimate of drug-likeness (QED) is 0.555. The van der Waals surface area contributed by atoms with E-state index in [1.807, 2.05) is 39.0 Å². The van der Waals surface area contributed by atoms with Crippen molar-refractivity contribution in [3.63, 3.8) is 0 Å². The molecule has 11 heavy (non-hydrogen) atoms. The molecule has 1 aromatic carbocycles. The van der Waals surface area contributed by atoms with Crippen molar-refractivity contribution in [1.82, 2.24) is 0 Å². The third kappa shape index (κ3) is 3.56. The van der Waals surface area contributed by atoms with Crippen LogP contribution >= 0.6 is 0 Å². The van der Waals surface area contributed by atoms with Gasteiger partial charge in [-0.15, -0.1) is 0 Å². The Morgan fingerprint density at radius 3 is 2.18 bits per heavy atom. The van der Waals surface area contributed by atoms with Crippen LogP contribution in [0.15, 0.2) is 35.1 Å². The molecule has 0 saturated carbocycles. The summed E-state index contributed by atoms with van der Waals surface area (Å²) in [5.74, 6) is 0. The van der Waals surface area contributed by atoms with E-state index in [4.69, 9.17) is 0 Å². The van der Waals surface area contributed by atoms with Crippen LogP contribution in [-0.2, 0) is 0 Å². The van der Waals surface area contributed by atoms with E-state index in [1.165, 1.54) is 0 Å². The van der Waals surface area contributed by atoms with Gasteiger partial charge in [-0.05, 0) is 18.6 Å². The highest BCUT2D eigenvalue weighted by Gasteiger charge is 1.82. The van der Waals surface area contributed by atoms with Crippen LogP contribution in [0, 0.1) is 6.92 Å². The molecule has 1 heteroatoms. The van der Waals surface area contributed by atoms with Crippen LogP contribution in [0.2, 0.25) is 0 Å². The van der Waals surface area contributed by atoms with Gasteiger partial charge in [0.2, 0.25) is 0 Å². The SMILES string of the molecule is CC.Cc1cccccc1=O. The number of hydrogen-bond donors (Lipinski definition) is 0. The Bertz CT molecular complexity index is 253. The first kappa shape index (κ1) is 9.89. The standard InChI is InChI=1S/C8H8O.C2H6/c1-7-5-3-2-4-6-8(7)9;1-2/h2-6H,1H3;1-2H3. The second-order valence-electron chi connectivity index (χ2n) is 1.96. The monoisotopic (exact) mass is 150 g/mol. The maximum absolute atomic E-state index is 10.8. The van der Waals surface area contributed by atoms with Crippen LogP contribution in [0.25, 0.3) is 0 Å². The molecule has 1 nitrogen and oxygen atoms in total. The van der Waals surface area contributed by atoms with E-state index in [1.54, 1.807) is 12.1 Å². The molecule has 60 valence electrons. The highest BCUT2D eigenvalue weighted by atomic mass is 16.1. The Balaban J connectivity index is 0.000000461. The minimum atomic E-state index is 0.0972. The molecule has 1 rings (SSSR count). The van der Waals surface area contributed by atoms with Crippen LogP contribution in [0.4, 0.5) is 0 Å². The zero-order valence-electron chi connectivity index (χ0n) is 7.29. The Kier molecular flexibility index (Phi) is 5.09. The van der Waals surface area contributed by atoms with Gasteiger partial charge in [-0.25, -0.2) is 0 Å². The van der Waals surface area contributed by atoms with Crippen LogP contribution in [0.3, 0.4) is 0 Å². The fourth-order valence-electron chi connectivity index (χ4n) is 0.621. The van der Waals surface area contributed by atoms with Gasteiger partial charge in [0.05, 0.1) is 0 Å². The number of aryl methyl sites for hydroxylation is 1. The van der Waals surface area contributed by atoms with Gasteiger partial charge in [0.15, 0.2) is 5.43 Å². The van der Waals surface area contributed by atoms with Crippen molar-refractivity contribution in [2.45, 2.75) is 20.8 Å². The molecule has 0 atom stereocenters. The average Bonchev–Trinajstić information content (AvgIpc) is 2.22. The molecule has 0 heterocycles. The van der Waals surface area contributed by atoms with E-state index >= 15 is 0 Å². The molecule has 0 aliphatic rings. The minimum absolute atomic E-state index is 0.0972. The van der Waals surface area contributed by atoms with Crippen molar-refractivity contribution in [2.24, 2.45) is 0 Å². The van der Waals surface area contributed by atoms with Gasteiger partial charge in [-0.2, -0.15) is 0 Å². The molecule has 0 aliphatic heterocycles. The van der Waals surface area contributed by atoms with E-state index in [0.29, 0.717) is 0 Å². The van der Waals surface area contributed by atoms with E-state index in [9.17, 15) is 4.79 Å². The van der Waals surface area contributed by atoms with Gasteiger partial charge in [0.25, 0.3) is 0 Å². The molecular weight excluding hydrogens is 136 g/mol.